The van der Waals surface area contributed by atoms with Crippen molar-refractivity contribution >= 4 is 10.0 Å². The molecule has 3 rings (SSSR count). The minimum Gasteiger partial charge on any atom is -0.390 e. The van der Waals surface area contributed by atoms with E-state index in [1.54, 1.807) is 0 Å². The Hall–Kier alpha value is -1.02. The second kappa shape index (κ2) is 6.12. The second-order valence-electron chi connectivity index (χ2n) is 6.81. The van der Waals surface area contributed by atoms with E-state index in [9.17, 15) is 13.5 Å². The summed E-state index contributed by atoms with van der Waals surface area (Å²) >= 11 is 0. The molecule has 2 aliphatic rings. The summed E-state index contributed by atoms with van der Waals surface area (Å²) in [5.41, 5.74) is 1.36. The molecule has 23 heavy (non-hydrogen) atoms. The van der Waals surface area contributed by atoms with Crippen LogP contribution in [0.25, 0.3) is 0 Å². The van der Waals surface area contributed by atoms with Gasteiger partial charge in [0.15, 0.2) is 0 Å². The van der Waals surface area contributed by atoms with Crippen molar-refractivity contribution in [2.24, 2.45) is 0 Å². The molecule has 0 bridgehead atoms. The summed E-state index contributed by atoms with van der Waals surface area (Å²) in [6, 6.07) is 5.94. The third-order valence-electron chi connectivity index (χ3n) is 5.11. The summed E-state index contributed by atoms with van der Waals surface area (Å²) in [7, 11) is -3.28. The quantitative estimate of drug-likeness (QED) is 0.880. The number of β-amino-alcohol motifs (C(OH)–C–C–N with tert-alkyl or cyclic N) is 1. The van der Waals surface area contributed by atoms with E-state index in [0.717, 1.165) is 30.8 Å². The highest BCUT2D eigenvalue weighted by Crippen LogP contribution is 2.40. The first-order valence-corrected chi connectivity index (χ1v) is 9.97. The van der Waals surface area contributed by atoms with Gasteiger partial charge in [-0.2, -0.15) is 4.31 Å². The van der Waals surface area contributed by atoms with Crippen LogP contribution >= 0.6 is 0 Å². The van der Waals surface area contributed by atoms with Gasteiger partial charge in [-0.05, 0) is 38.3 Å². The Morgan fingerprint density at radius 2 is 2.13 bits per heavy atom. The highest BCUT2D eigenvalue weighted by Gasteiger charge is 2.52. The highest BCUT2D eigenvalue weighted by atomic mass is 32.2. The van der Waals surface area contributed by atoms with E-state index in [2.05, 4.69) is 9.88 Å². The van der Waals surface area contributed by atoms with Crippen LogP contribution in [-0.4, -0.2) is 65.2 Å². The number of aliphatic hydroxyl groups is 1. The molecular weight excluding hydrogens is 314 g/mol. The van der Waals surface area contributed by atoms with Gasteiger partial charge in [-0.25, -0.2) is 8.42 Å². The number of likely N-dealkylation sites (tertiary alicyclic amines) is 1. The maximum atomic E-state index is 12.1. The lowest BCUT2D eigenvalue weighted by Crippen LogP contribution is -2.62. The zero-order valence-electron chi connectivity index (χ0n) is 13.8. The number of hydrogen-bond donors (Lipinski definition) is 1. The largest absolute Gasteiger partial charge is 0.390 e. The van der Waals surface area contributed by atoms with Crippen LogP contribution in [0, 0.1) is 6.92 Å². The fourth-order valence-corrected chi connectivity index (χ4v) is 5.46. The number of aryl methyl sites for hydroxylation is 1. The second-order valence-corrected chi connectivity index (χ2v) is 8.72. The smallest absolute Gasteiger partial charge is 0.211 e. The third-order valence-corrected chi connectivity index (χ3v) is 6.46. The molecule has 1 aromatic rings. The first-order chi connectivity index (χ1) is 10.8. The Morgan fingerprint density at radius 3 is 2.78 bits per heavy atom. The van der Waals surface area contributed by atoms with Crippen molar-refractivity contribution in [3.05, 3.63) is 29.6 Å². The molecule has 7 heteroatoms. The zero-order valence-corrected chi connectivity index (χ0v) is 14.6. The number of pyridine rings is 1. The van der Waals surface area contributed by atoms with Crippen molar-refractivity contribution in [2.45, 2.75) is 44.4 Å². The molecule has 0 saturated carbocycles. The summed E-state index contributed by atoms with van der Waals surface area (Å²) in [6.45, 7) is 4.44. The molecule has 2 saturated heterocycles. The molecule has 0 aliphatic carbocycles. The van der Waals surface area contributed by atoms with Crippen molar-refractivity contribution < 1.29 is 13.5 Å². The van der Waals surface area contributed by atoms with E-state index in [1.165, 1.54) is 10.6 Å². The SMILES string of the molecule is Cc1cccc(CN2CC[C@@]3(CCCN3S(C)(=O)=O)[C@@H](O)C2)n1. The maximum absolute atomic E-state index is 12.1. The van der Waals surface area contributed by atoms with E-state index in [0.29, 0.717) is 26.1 Å². The van der Waals surface area contributed by atoms with Crippen LogP contribution < -0.4 is 0 Å². The van der Waals surface area contributed by atoms with Crippen LogP contribution in [0.15, 0.2) is 18.2 Å². The van der Waals surface area contributed by atoms with Gasteiger partial charge in [-0.15, -0.1) is 0 Å². The molecule has 6 nitrogen and oxygen atoms in total. The number of rotatable bonds is 3. The lowest BCUT2D eigenvalue weighted by molar-refractivity contribution is -0.0382. The number of nitrogens with zero attached hydrogens (tertiary/aromatic N) is 3. The van der Waals surface area contributed by atoms with Gasteiger partial charge in [0.2, 0.25) is 10.0 Å². The molecule has 2 atom stereocenters. The predicted octanol–water partition coefficient (Wildman–Crippen LogP) is 0.751. The van der Waals surface area contributed by atoms with Crippen LogP contribution in [0.4, 0.5) is 0 Å². The molecule has 2 aliphatic heterocycles. The molecule has 0 amide bonds. The number of piperidine rings is 1. The number of sulfonamides is 1. The summed E-state index contributed by atoms with van der Waals surface area (Å²) in [5, 5.41) is 10.7. The molecule has 1 aromatic heterocycles. The number of aromatic nitrogens is 1. The first-order valence-electron chi connectivity index (χ1n) is 8.12. The Kier molecular flexibility index (Phi) is 4.48. The number of aliphatic hydroxyl groups excluding tert-OH is 1. The average molecular weight is 339 g/mol. The number of hydrogen-bond acceptors (Lipinski definition) is 5. The van der Waals surface area contributed by atoms with Gasteiger partial charge in [0.05, 0.1) is 23.6 Å². The van der Waals surface area contributed by atoms with E-state index in [-0.39, 0.29) is 0 Å². The van der Waals surface area contributed by atoms with Crippen molar-refractivity contribution in [1.82, 2.24) is 14.2 Å². The first kappa shape index (κ1) is 16.8. The maximum Gasteiger partial charge on any atom is 0.211 e. The Balaban J connectivity index is 1.72. The van der Waals surface area contributed by atoms with Gasteiger partial charge in [0.25, 0.3) is 0 Å². The van der Waals surface area contributed by atoms with E-state index in [4.69, 9.17) is 0 Å². The zero-order chi connectivity index (χ0) is 16.7. The van der Waals surface area contributed by atoms with Crippen LogP contribution in [0.3, 0.4) is 0 Å². The molecule has 0 aromatic carbocycles. The van der Waals surface area contributed by atoms with Crippen molar-refractivity contribution in [1.29, 1.82) is 0 Å². The van der Waals surface area contributed by atoms with Gasteiger partial charge >= 0.3 is 0 Å². The third kappa shape index (κ3) is 3.28. The monoisotopic (exact) mass is 339 g/mol. The predicted molar refractivity (Wildman–Crippen MR) is 88.4 cm³/mol. The molecule has 0 radical (unpaired) electrons. The minimum absolute atomic E-state index is 0.488. The van der Waals surface area contributed by atoms with Crippen LogP contribution in [0.1, 0.15) is 30.7 Å². The van der Waals surface area contributed by atoms with E-state index < -0.39 is 21.7 Å². The molecule has 1 spiro atoms. The van der Waals surface area contributed by atoms with Crippen molar-refractivity contribution in [3.8, 4) is 0 Å². The van der Waals surface area contributed by atoms with Gasteiger partial charge in [-0.1, -0.05) is 6.07 Å². The topological polar surface area (TPSA) is 73.7 Å². The van der Waals surface area contributed by atoms with Gasteiger partial charge in [0.1, 0.15) is 0 Å². The lowest BCUT2D eigenvalue weighted by Gasteiger charge is -2.47. The van der Waals surface area contributed by atoms with Gasteiger partial charge in [-0.3, -0.25) is 9.88 Å². The van der Waals surface area contributed by atoms with Crippen molar-refractivity contribution in [2.75, 3.05) is 25.9 Å². The molecule has 3 heterocycles. The summed E-state index contributed by atoms with van der Waals surface area (Å²) in [6.07, 6.45) is 2.84. The summed E-state index contributed by atoms with van der Waals surface area (Å²) in [5.74, 6) is 0. The van der Waals surface area contributed by atoms with Crippen LogP contribution in [0.2, 0.25) is 0 Å². The Bertz CT molecular complexity index is 679. The Labute approximate surface area is 138 Å². The van der Waals surface area contributed by atoms with E-state index in [1.807, 2.05) is 25.1 Å². The lowest BCUT2D eigenvalue weighted by atomic mass is 9.83. The molecule has 2 fully saturated rings. The normalized spacial score (nSPS) is 30.1. The van der Waals surface area contributed by atoms with Gasteiger partial charge < -0.3 is 5.11 Å². The molecule has 128 valence electrons. The van der Waals surface area contributed by atoms with Crippen LogP contribution in [-0.2, 0) is 16.6 Å². The van der Waals surface area contributed by atoms with E-state index >= 15 is 0 Å². The fourth-order valence-electron chi connectivity index (χ4n) is 4.04. The minimum atomic E-state index is -3.28. The van der Waals surface area contributed by atoms with Crippen molar-refractivity contribution in [3.63, 3.8) is 0 Å². The molecular formula is C16H25N3O3S. The fraction of sp³-hybridized carbons (Fsp3) is 0.688. The summed E-state index contributed by atoms with van der Waals surface area (Å²) < 4.78 is 25.6. The summed E-state index contributed by atoms with van der Waals surface area (Å²) in [4.78, 5) is 6.67. The highest BCUT2D eigenvalue weighted by molar-refractivity contribution is 7.88. The van der Waals surface area contributed by atoms with Crippen LogP contribution in [0.5, 0.6) is 0 Å². The molecule has 1 N–H and O–H groups in total. The average Bonchev–Trinajstić information content (AvgIpc) is 2.88. The molecule has 0 unspecified atom stereocenters. The Morgan fingerprint density at radius 1 is 1.35 bits per heavy atom. The van der Waals surface area contributed by atoms with Gasteiger partial charge in [0, 0.05) is 31.9 Å². The standard InChI is InChI=1S/C16H25N3O3S/c1-13-5-3-6-14(17-13)11-18-10-8-16(15(20)12-18)7-4-9-19(16)23(2,21)22/h3,5-6,15,20H,4,7-12H2,1-2H3/t15-,16-/m0/s1.